The lowest BCUT2D eigenvalue weighted by Gasteiger charge is -2.04. The van der Waals surface area contributed by atoms with Crippen LogP contribution in [0.25, 0.3) is 0 Å². The number of unbranched alkanes of at least 4 members (excludes halogenated alkanes) is 6. The zero-order valence-electron chi connectivity index (χ0n) is 11.5. The molecule has 0 fully saturated rings. The Morgan fingerprint density at radius 3 is 2.11 bits per heavy atom. The van der Waals surface area contributed by atoms with Crippen LogP contribution in [0.4, 0.5) is 0 Å². The van der Waals surface area contributed by atoms with E-state index in [-0.39, 0.29) is 12.3 Å². The van der Waals surface area contributed by atoms with E-state index >= 15 is 0 Å². The molecule has 0 unspecified atom stereocenters. The highest BCUT2D eigenvalue weighted by Gasteiger charge is 2.00. The summed E-state index contributed by atoms with van der Waals surface area (Å²) < 4.78 is 0. The van der Waals surface area contributed by atoms with Crippen molar-refractivity contribution in [1.29, 1.82) is 0 Å². The molecule has 0 aromatic carbocycles. The van der Waals surface area contributed by atoms with Gasteiger partial charge in [-0.05, 0) is 19.3 Å². The summed E-state index contributed by atoms with van der Waals surface area (Å²) in [5, 5.41) is 11.4. The van der Waals surface area contributed by atoms with Crippen molar-refractivity contribution < 1.29 is 14.7 Å². The Labute approximate surface area is 110 Å². The first-order chi connectivity index (χ1) is 8.66. The van der Waals surface area contributed by atoms with Gasteiger partial charge in [0, 0.05) is 19.4 Å². The lowest BCUT2D eigenvalue weighted by Crippen LogP contribution is -2.23. The second kappa shape index (κ2) is 12.4. The van der Waals surface area contributed by atoms with Crippen molar-refractivity contribution in [3.63, 3.8) is 0 Å². The van der Waals surface area contributed by atoms with Gasteiger partial charge in [-0.2, -0.15) is 0 Å². The van der Waals surface area contributed by atoms with Gasteiger partial charge in [-0.25, -0.2) is 0 Å². The number of carbonyl (C=O) groups is 2. The molecule has 0 spiro atoms. The molecule has 4 heteroatoms. The maximum atomic E-state index is 11.4. The highest BCUT2D eigenvalue weighted by Crippen LogP contribution is 2.07. The van der Waals surface area contributed by atoms with Crippen molar-refractivity contribution in [2.24, 2.45) is 0 Å². The zero-order chi connectivity index (χ0) is 13.6. The fourth-order valence-electron chi connectivity index (χ4n) is 1.78. The van der Waals surface area contributed by atoms with E-state index in [2.05, 4.69) is 12.2 Å². The van der Waals surface area contributed by atoms with Gasteiger partial charge in [-0.1, -0.05) is 39.0 Å². The quantitative estimate of drug-likeness (QED) is 0.528. The smallest absolute Gasteiger partial charge is 0.303 e. The fourth-order valence-corrected chi connectivity index (χ4v) is 1.78. The summed E-state index contributed by atoms with van der Waals surface area (Å²) in [6.07, 6.45) is 8.92. The van der Waals surface area contributed by atoms with Gasteiger partial charge >= 0.3 is 5.97 Å². The Morgan fingerprint density at radius 1 is 0.889 bits per heavy atom. The number of nitrogens with one attached hydrogen (secondary N) is 1. The minimum Gasteiger partial charge on any atom is -0.481 e. The first-order valence-corrected chi connectivity index (χ1v) is 7.15. The molecule has 106 valence electrons. The number of carbonyl (C=O) groups excluding carboxylic acids is 1. The van der Waals surface area contributed by atoms with Crippen LogP contribution in [0.5, 0.6) is 0 Å². The molecule has 4 nitrogen and oxygen atoms in total. The Morgan fingerprint density at radius 2 is 1.50 bits per heavy atom. The predicted octanol–water partition coefficient (Wildman–Crippen LogP) is 3.11. The predicted molar refractivity (Wildman–Crippen MR) is 72.5 cm³/mol. The van der Waals surface area contributed by atoms with Crippen LogP contribution in [-0.2, 0) is 9.59 Å². The summed E-state index contributed by atoms with van der Waals surface area (Å²) in [7, 11) is 0. The molecule has 0 atom stereocenters. The van der Waals surface area contributed by atoms with Crippen LogP contribution in [0, 0.1) is 0 Å². The van der Waals surface area contributed by atoms with Crippen LogP contribution in [0.15, 0.2) is 0 Å². The SMILES string of the molecule is CCCCCNC(=O)CCCCCCCC(=O)O. The van der Waals surface area contributed by atoms with E-state index in [4.69, 9.17) is 5.11 Å². The van der Waals surface area contributed by atoms with E-state index < -0.39 is 5.97 Å². The van der Waals surface area contributed by atoms with E-state index in [1.165, 1.54) is 12.8 Å². The molecule has 0 saturated carbocycles. The van der Waals surface area contributed by atoms with E-state index in [1.54, 1.807) is 0 Å². The molecule has 0 saturated heterocycles. The Kier molecular flexibility index (Phi) is 11.7. The molecule has 0 aromatic rings. The van der Waals surface area contributed by atoms with Crippen molar-refractivity contribution in [1.82, 2.24) is 5.32 Å². The molecule has 0 bridgehead atoms. The average molecular weight is 257 g/mol. The van der Waals surface area contributed by atoms with Gasteiger partial charge in [0.2, 0.25) is 5.91 Å². The van der Waals surface area contributed by atoms with Gasteiger partial charge < -0.3 is 10.4 Å². The topological polar surface area (TPSA) is 66.4 Å². The molecule has 2 N–H and O–H groups in total. The number of carboxylic acids is 1. The van der Waals surface area contributed by atoms with Gasteiger partial charge in [0.25, 0.3) is 0 Å². The van der Waals surface area contributed by atoms with E-state index in [0.29, 0.717) is 6.42 Å². The molecule has 0 aliphatic rings. The number of aliphatic carboxylic acids is 1. The van der Waals surface area contributed by atoms with Crippen molar-refractivity contribution in [3.8, 4) is 0 Å². The van der Waals surface area contributed by atoms with E-state index in [1.807, 2.05) is 0 Å². The van der Waals surface area contributed by atoms with E-state index in [0.717, 1.165) is 45.1 Å². The number of carboxylic acid groups (broad SMARTS) is 1. The average Bonchev–Trinajstić information content (AvgIpc) is 2.33. The summed E-state index contributed by atoms with van der Waals surface area (Å²) in [6.45, 7) is 2.94. The molecular weight excluding hydrogens is 230 g/mol. The fraction of sp³-hybridized carbons (Fsp3) is 0.857. The van der Waals surface area contributed by atoms with Crippen molar-refractivity contribution in [2.45, 2.75) is 71.1 Å². The zero-order valence-corrected chi connectivity index (χ0v) is 11.5. The summed E-state index contributed by atoms with van der Waals surface area (Å²) >= 11 is 0. The first-order valence-electron chi connectivity index (χ1n) is 7.15. The normalized spacial score (nSPS) is 10.3. The van der Waals surface area contributed by atoms with Gasteiger partial charge in [0.1, 0.15) is 0 Å². The van der Waals surface area contributed by atoms with Crippen molar-refractivity contribution in [3.05, 3.63) is 0 Å². The Bertz CT molecular complexity index is 229. The molecular formula is C14H27NO3. The van der Waals surface area contributed by atoms with Crippen LogP contribution in [0.3, 0.4) is 0 Å². The first kappa shape index (κ1) is 16.9. The Balaban J connectivity index is 3.17. The maximum absolute atomic E-state index is 11.4. The molecule has 0 aliphatic carbocycles. The summed E-state index contributed by atoms with van der Waals surface area (Å²) in [5.41, 5.74) is 0. The number of rotatable bonds is 12. The van der Waals surface area contributed by atoms with Crippen LogP contribution in [0.1, 0.15) is 71.1 Å². The summed E-state index contributed by atoms with van der Waals surface area (Å²) in [4.78, 5) is 21.7. The van der Waals surface area contributed by atoms with Crippen LogP contribution in [0.2, 0.25) is 0 Å². The minimum atomic E-state index is -0.721. The second-order valence-corrected chi connectivity index (χ2v) is 4.72. The monoisotopic (exact) mass is 257 g/mol. The molecule has 0 radical (unpaired) electrons. The van der Waals surface area contributed by atoms with Crippen molar-refractivity contribution in [2.75, 3.05) is 6.54 Å². The number of hydrogen-bond donors (Lipinski definition) is 2. The van der Waals surface area contributed by atoms with Crippen LogP contribution < -0.4 is 5.32 Å². The third-order valence-electron chi connectivity index (χ3n) is 2.90. The number of hydrogen-bond acceptors (Lipinski definition) is 2. The lowest BCUT2D eigenvalue weighted by atomic mass is 10.1. The largest absolute Gasteiger partial charge is 0.481 e. The van der Waals surface area contributed by atoms with Crippen molar-refractivity contribution >= 4 is 11.9 Å². The van der Waals surface area contributed by atoms with Crippen LogP contribution >= 0.6 is 0 Å². The Hall–Kier alpha value is -1.06. The van der Waals surface area contributed by atoms with Crippen LogP contribution in [-0.4, -0.2) is 23.5 Å². The standard InChI is InChI=1S/C14H27NO3/c1-2-3-9-12-15-13(16)10-7-5-4-6-8-11-14(17)18/h2-12H2,1H3,(H,15,16)(H,17,18). The van der Waals surface area contributed by atoms with Gasteiger partial charge in [0.05, 0.1) is 0 Å². The van der Waals surface area contributed by atoms with Gasteiger partial charge in [0.15, 0.2) is 0 Å². The minimum absolute atomic E-state index is 0.150. The van der Waals surface area contributed by atoms with E-state index in [9.17, 15) is 9.59 Å². The highest BCUT2D eigenvalue weighted by atomic mass is 16.4. The third-order valence-corrected chi connectivity index (χ3v) is 2.90. The van der Waals surface area contributed by atoms with Gasteiger partial charge in [-0.15, -0.1) is 0 Å². The number of amides is 1. The molecule has 0 aliphatic heterocycles. The molecule has 1 amide bonds. The molecule has 0 heterocycles. The van der Waals surface area contributed by atoms with Gasteiger partial charge in [-0.3, -0.25) is 9.59 Å². The third kappa shape index (κ3) is 13.0. The highest BCUT2D eigenvalue weighted by molar-refractivity contribution is 5.75. The summed E-state index contributed by atoms with van der Waals surface area (Å²) in [5.74, 6) is -0.571. The molecule has 18 heavy (non-hydrogen) atoms. The second-order valence-electron chi connectivity index (χ2n) is 4.72. The maximum Gasteiger partial charge on any atom is 0.303 e. The lowest BCUT2D eigenvalue weighted by molar-refractivity contribution is -0.137. The molecule has 0 rings (SSSR count). The summed E-state index contributed by atoms with van der Waals surface area (Å²) in [6, 6.07) is 0. The molecule has 0 aromatic heterocycles.